The van der Waals surface area contributed by atoms with Crippen LogP contribution in [-0.2, 0) is 32.2 Å². The van der Waals surface area contributed by atoms with Crippen LogP contribution in [0.5, 0.6) is 0 Å². The molecule has 2 aliphatic rings. The molecule has 10 heteroatoms. The fourth-order valence-corrected chi connectivity index (χ4v) is 5.29. The van der Waals surface area contributed by atoms with Crippen molar-refractivity contribution in [2.24, 2.45) is 0 Å². The molecule has 0 atom stereocenters. The van der Waals surface area contributed by atoms with Gasteiger partial charge in [0.1, 0.15) is 0 Å². The second-order valence-corrected chi connectivity index (χ2v) is 10.4. The summed E-state index contributed by atoms with van der Waals surface area (Å²) in [5.74, 6) is -0.376. The lowest BCUT2D eigenvalue weighted by Crippen LogP contribution is -2.39. The highest BCUT2D eigenvalue weighted by atomic mass is 35.5. The molecular weight excluding hydrogens is 463 g/mol. The molecular formula is C21H20Cl2N2O5S. The molecule has 164 valence electrons. The van der Waals surface area contributed by atoms with Crippen LogP contribution in [0.15, 0.2) is 35.2 Å². The maximum Gasteiger partial charge on any atom is 0.414 e. The summed E-state index contributed by atoms with van der Waals surface area (Å²) in [5.41, 5.74) is 2.84. The molecule has 2 aliphatic heterocycles. The Balaban J connectivity index is 1.45. The number of ether oxygens (including phenoxy) is 1. The average molecular weight is 483 g/mol. The summed E-state index contributed by atoms with van der Waals surface area (Å²) in [5, 5.41) is 0.863. The third-order valence-corrected chi connectivity index (χ3v) is 7.04. The minimum atomic E-state index is -3.32. The first-order valence-electron chi connectivity index (χ1n) is 9.70. The Morgan fingerprint density at radius 1 is 1.03 bits per heavy atom. The minimum Gasteiger partial charge on any atom is -0.439 e. The van der Waals surface area contributed by atoms with Gasteiger partial charge < -0.3 is 9.64 Å². The molecule has 0 radical (unpaired) electrons. The summed E-state index contributed by atoms with van der Waals surface area (Å²) < 4.78 is 28.8. The number of carbonyl (C=O) groups excluding carboxylic acids is 2. The molecule has 7 nitrogen and oxygen atoms in total. The topological polar surface area (TPSA) is 84.0 Å². The van der Waals surface area contributed by atoms with Crippen molar-refractivity contribution in [3.63, 3.8) is 0 Å². The monoisotopic (exact) mass is 482 g/mol. The zero-order chi connectivity index (χ0) is 22.3. The van der Waals surface area contributed by atoms with Gasteiger partial charge in [-0.05, 0) is 60.7 Å². The Morgan fingerprint density at radius 2 is 1.81 bits per heavy atom. The van der Waals surface area contributed by atoms with Crippen molar-refractivity contribution in [3.8, 4) is 0 Å². The van der Waals surface area contributed by atoms with Crippen LogP contribution in [0.3, 0.4) is 0 Å². The van der Waals surface area contributed by atoms with Gasteiger partial charge in [0, 0.05) is 30.1 Å². The van der Waals surface area contributed by atoms with E-state index in [2.05, 4.69) is 0 Å². The van der Waals surface area contributed by atoms with Crippen molar-refractivity contribution in [1.29, 1.82) is 0 Å². The zero-order valence-electron chi connectivity index (χ0n) is 16.7. The highest BCUT2D eigenvalue weighted by Gasteiger charge is 2.30. The Morgan fingerprint density at radius 3 is 2.55 bits per heavy atom. The Labute approximate surface area is 190 Å². The summed E-state index contributed by atoms with van der Waals surface area (Å²) in [6, 6.07) is 8.03. The van der Waals surface area contributed by atoms with Gasteiger partial charge in [-0.1, -0.05) is 23.2 Å². The van der Waals surface area contributed by atoms with Gasteiger partial charge in [0.25, 0.3) is 5.91 Å². The number of hydrogen-bond donors (Lipinski definition) is 0. The molecule has 2 heterocycles. The van der Waals surface area contributed by atoms with E-state index in [-0.39, 0.29) is 10.8 Å². The number of halogens is 2. The second kappa shape index (κ2) is 8.33. The first-order valence-corrected chi connectivity index (χ1v) is 12.4. The lowest BCUT2D eigenvalue weighted by molar-refractivity contribution is -0.121. The van der Waals surface area contributed by atoms with Crippen LogP contribution in [0.1, 0.15) is 17.5 Å². The molecule has 4 rings (SSSR count). The number of hydrogen-bond acceptors (Lipinski definition) is 5. The number of amides is 2. The number of fused-ring (bicyclic) bond motifs is 2. The van der Waals surface area contributed by atoms with Crippen LogP contribution in [0, 0.1) is 0 Å². The van der Waals surface area contributed by atoms with Gasteiger partial charge in [-0.2, -0.15) is 0 Å². The maximum atomic E-state index is 12.7. The predicted molar refractivity (Wildman–Crippen MR) is 119 cm³/mol. The second-order valence-electron chi connectivity index (χ2n) is 7.56. The SMILES string of the molecule is CS(=O)(=O)c1ccc2c(c1)CCN2C(=O)COC(=O)N1CCCc2cc(Cl)cc(Cl)c21. The molecule has 2 aromatic rings. The molecule has 0 N–H and O–H groups in total. The summed E-state index contributed by atoms with van der Waals surface area (Å²) in [7, 11) is -3.32. The van der Waals surface area contributed by atoms with Crippen LogP contribution in [0.25, 0.3) is 0 Å². The van der Waals surface area contributed by atoms with E-state index in [1.54, 1.807) is 24.3 Å². The summed E-state index contributed by atoms with van der Waals surface area (Å²) in [6.07, 6.45) is 2.51. The Kier molecular flexibility index (Phi) is 5.89. The first kappa shape index (κ1) is 21.9. The number of sulfone groups is 1. The third-order valence-electron chi connectivity index (χ3n) is 5.42. The third kappa shape index (κ3) is 4.37. The number of rotatable bonds is 3. The van der Waals surface area contributed by atoms with Gasteiger partial charge in [-0.3, -0.25) is 9.69 Å². The van der Waals surface area contributed by atoms with Gasteiger partial charge in [-0.25, -0.2) is 13.2 Å². The van der Waals surface area contributed by atoms with Crippen molar-refractivity contribution in [2.75, 3.05) is 35.8 Å². The molecule has 0 saturated heterocycles. The van der Waals surface area contributed by atoms with Gasteiger partial charge in [-0.15, -0.1) is 0 Å². The van der Waals surface area contributed by atoms with E-state index in [4.69, 9.17) is 27.9 Å². The normalized spacial score (nSPS) is 15.5. The largest absolute Gasteiger partial charge is 0.439 e. The predicted octanol–water partition coefficient (Wildman–Crippen LogP) is 3.88. The maximum absolute atomic E-state index is 12.7. The van der Waals surface area contributed by atoms with Gasteiger partial charge in [0.05, 0.1) is 15.6 Å². The van der Waals surface area contributed by atoms with Crippen molar-refractivity contribution in [2.45, 2.75) is 24.2 Å². The Bertz CT molecular complexity index is 1180. The average Bonchev–Trinajstić information content (AvgIpc) is 3.13. The van der Waals surface area contributed by atoms with Crippen molar-refractivity contribution in [3.05, 3.63) is 51.5 Å². The quantitative estimate of drug-likeness (QED) is 0.662. The molecule has 0 fully saturated rings. The zero-order valence-corrected chi connectivity index (χ0v) is 19.1. The van der Waals surface area contributed by atoms with Crippen LogP contribution < -0.4 is 9.80 Å². The molecule has 0 aliphatic carbocycles. The van der Waals surface area contributed by atoms with Crippen LogP contribution in [0.2, 0.25) is 10.0 Å². The highest BCUT2D eigenvalue weighted by molar-refractivity contribution is 7.90. The minimum absolute atomic E-state index is 0.215. The molecule has 0 saturated carbocycles. The fraction of sp³-hybridized carbons (Fsp3) is 0.333. The standard InChI is InChI=1S/C21H20Cl2N2O5S/c1-31(28,29)16-4-5-18-13(10-16)6-8-24(18)19(26)12-30-21(27)25-7-2-3-14-9-15(22)11-17(23)20(14)25/h4-5,9-11H,2-3,6-8,12H2,1H3. The van der Waals surface area contributed by atoms with Crippen LogP contribution in [0.4, 0.5) is 16.2 Å². The molecule has 2 aromatic carbocycles. The summed E-state index contributed by atoms with van der Waals surface area (Å²) in [6.45, 7) is 0.404. The van der Waals surface area contributed by atoms with Crippen LogP contribution in [-0.4, -0.2) is 46.4 Å². The molecule has 31 heavy (non-hydrogen) atoms. The highest BCUT2D eigenvalue weighted by Crippen LogP contribution is 2.37. The van der Waals surface area contributed by atoms with E-state index in [1.165, 1.54) is 15.9 Å². The van der Waals surface area contributed by atoms with E-state index in [0.717, 1.165) is 30.2 Å². The van der Waals surface area contributed by atoms with E-state index < -0.39 is 22.5 Å². The lowest BCUT2D eigenvalue weighted by atomic mass is 10.0. The summed E-state index contributed by atoms with van der Waals surface area (Å²) >= 11 is 12.4. The number of anilines is 2. The van der Waals surface area contributed by atoms with E-state index in [0.29, 0.717) is 40.9 Å². The van der Waals surface area contributed by atoms with Gasteiger partial charge in [0.2, 0.25) is 0 Å². The van der Waals surface area contributed by atoms with Crippen molar-refractivity contribution in [1.82, 2.24) is 0 Å². The molecule has 0 spiro atoms. The van der Waals surface area contributed by atoms with E-state index in [1.807, 2.05) is 0 Å². The van der Waals surface area contributed by atoms with Gasteiger partial charge in [0.15, 0.2) is 16.4 Å². The van der Waals surface area contributed by atoms with E-state index in [9.17, 15) is 18.0 Å². The molecule has 0 aromatic heterocycles. The number of benzene rings is 2. The smallest absolute Gasteiger partial charge is 0.414 e. The Hall–Kier alpha value is -2.29. The first-order chi connectivity index (χ1) is 14.6. The van der Waals surface area contributed by atoms with Gasteiger partial charge >= 0.3 is 6.09 Å². The lowest BCUT2D eigenvalue weighted by Gasteiger charge is -2.30. The van der Waals surface area contributed by atoms with Crippen LogP contribution >= 0.6 is 23.2 Å². The number of nitrogens with zero attached hydrogens (tertiary/aromatic N) is 2. The molecule has 0 unspecified atom stereocenters. The van der Waals surface area contributed by atoms with Crippen molar-refractivity contribution < 1.29 is 22.7 Å². The fourth-order valence-electron chi connectivity index (χ4n) is 3.98. The number of carbonyl (C=O) groups is 2. The molecule has 2 amide bonds. The number of aryl methyl sites for hydroxylation is 1. The van der Waals surface area contributed by atoms with E-state index >= 15 is 0 Å². The molecule has 0 bridgehead atoms. The van der Waals surface area contributed by atoms with Crippen molar-refractivity contribution >= 4 is 56.4 Å². The summed E-state index contributed by atoms with van der Waals surface area (Å²) in [4.78, 5) is 28.5.